The van der Waals surface area contributed by atoms with Crippen molar-refractivity contribution in [2.75, 3.05) is 27.2 Å². The van der Waals surface area contributed by atoms with Crippen molar-refractivity contribution in [2.24, 2.45) is 5.92 Å². The van der Waals surface area contributed by atoms with Gasteiger partial charge in [-0.05, 0) is 46.7 Å². The van der Waals surface area contributed by atoms with E-state index in [9.17, 15) is 0 Å². The first-order valence-electron chi connectivity index (χ1n) is 6.85. The molecule has 3 heteroatoms. The first-order valence-corrected chi connectivity index (χ1v) is 6.85. The fourth-order valence-electron chi connectivity index (χ4n) is 1.50. The molecule has 0 aromatic rings. The summed E-state index contributed by atoms with van der Waals surface area (Å²) in [6.45, 7) is 10.7. The number of nitrogens with zero attached hydrogens (tertiary/aromatic N) is 1. The van der Waals surface area contributed by atoms with Crippen LogP contribution in [0.3, 0.4) is 0 Å². The van der Waals surface area contributed by atoms with Crippen LogP contribution in [0.1, 0.15) is 40.5 Å². The van der Waals surface area contributed by atoms with Crippen LogP contribution in [0.15, 0.2) is 0 Å². The Morgan fingerprint density at radius 2 is 1.88 bits per heavy atom. The van der Waals surface area contributed by atoms with Crippen molar-refractivity contribution in [2.45, 2.75) is 58.2 Å². The summed E-state index contributed by atoms with van der Waals surface area (Å²) in [5.74, 6) is 0.569. The summed E-state index contributed by atoms with van der Waals surface area (Å²) in [5, 5.41) is 3.56. The molecule has 0 radical (unpaired) electrons. The molecule has 1 unspecified atom stereocenters. The highest BCUT2D eigenvalue weighted by molar-refractivity contribution is 4.83. The van der Waals surface area contributed by atoms with E-state index in [4.69, 9.17) is 4.74 Å². The lowest BCUT2D eigenvalue weighted by atomic mass is 10.0. The third kappa shape index (κ3) is 5.36. The number of rotatable bonds is 8. The molecule has 1 atom stereocenters. The average Bonchev–Trinajstić information content (AvgIpc) is 3.00. The van der Waals surface area contributed by atoms with Gasteiger partial charge in [-0.15, -0.1) is 0 Å². The molecule has 17 heavy (non-hydrogen) atoms. The molecule has 0 spiro atoms. The van der Waals surface area contributed by atoms with Gasteiger partial charge in [-0.1, -0.05) is 13.8 Å². The van der Waals surface area contributed by atoms with Crippen LogP contribution < -0.4 is 5.32 Å². The topological polar surface area (TPSA) is 24.5 Å². The first kappa shape index (κ1) is 14.9. The normalized spacial score (nSPS) is 19.1. The van der Waals surface area contributed by atoms with Crippen molar-refractivity contribution in [3.63, 3.8) is 0 Å². The van der Waals surface area contributed by atoms with Crippen molar-refractivity contribution in [3.05, 3.63) is 0 Å². The molecule has 0 aliphatic heterocycles. The maximum atomic E-state index is 6.10. The Kier molecular flexibility index (Phi) is 5.42. The largest absolute Gasteiger partial charge is 0.375 e. The van der Waals surface area contributed by atoms with E-state index in [0.29, 0.717) is 12.0 Å². The molecule has 1 saturated carbocycles. The minimum Gasteiger partial charge on any atom is -0.375 e. The molecule has 0 saturated heterocycles. The lowest BCUT2D eigenvalue weighted by molar-refractivity contribution is -0.0301. The van der Waals surface area contributed by atoms with E-state index in [1.165, 1.54) is 12.8 Å². The van der Waals surface area contributed by atoms with Crippen molar-refractivity contribution in [1.29, 1.82) is 0 Å². The molecule has 102 valence electrons. The summed E-state index contributed by atoms with van der Waals surface area (Å²) in [6.07, 6.45) is 3.01. The first-order chi connectivity index (χ1) is 7.83. The Balaban J connectivity index is 2.32. The second kappa shape index (κ2) is 6.17. The van der Waals surface area contributed by atoms with Gasteiger partial charge in [0.25, 0.3) is 0 Å². The van der Waals surface area contributed by atoms with Gasteiger partial charge in [0.1, 0.15) is 0 Å². The van der Waals surface area contributed by atoms with Crippen LogP contribution in [0, 0.1) is 5.92 Å². The van der Waals surface area contributed by atoms with Crippen LogP contribution in [0.4, 0.5) is 0 Å². The highest BCUT2D eigenvalue weighted by Crippen LogP contribution is 2.20. The smallest absolute Gasteiger partial charge is 0.0723 e. The number of hydrogen-bond donors (Lipinski definition) is 1. The van der Waals surface area contributed by atoms with Gasteiger partial charge in [-0.3, -0.25) is 0 Å². The van der Waals surface area contributed by atoms with Gasteiger partial charge < -0.3 is 15.0 Å². The molecule has 1 N–H and O–H groups in total. The van der Waals surface area contributed by atoms with Gasteiger partial charge in [0.2, 0.25) is 0 Å². The quantitative estimate of drug-likeness (QED) is 0.705. The summed E-state index contributed by atoms with van der Waals surface area (Å²) < 4.78 is 6.10. The molecule has 1 aliphatic rings. The van der Waals surface area contributed by atoms with E-state index in [1.807, 2.05) is 0 Å². The molecule has 1 fully saturated rings. The van der Waals surface area contributed by atoms with E-state index < -0.39 is 0 Å². The molecule has 1 rings (SSSR count). The van der Waals surface area contributed by atoms with Gasteiger partial charge in [0.05, 0.1) is 12.7 Å². The van der Waals surface area contributed by atoms with Crippen LogP contribution >= 0.6 is 0 Å². The highest BCUT2D eigenvalue weighted by atomic mass is 16.5. The molecule has 0 bridgehead atoms. The highest BCUT2D eigenvalue weighted by Gasteiger charge is 2.26. The van der Waals surface area contributed by atoms with Gasteiger partial charge >= 0.3 is 0 Å². The Bertz CT molecular complexity index is 222. The predicted molar refractivity (Wildman–Crippen MR) is 73.4 cm³/mol. The summed E-state index contributed by atoms with van der Waals surface area (Å²) in [5.41, 5.74) is 0.104. The van der Waals surface area contributed by atoms with Crippen LogP contribution in [0.25, 0.3) is 0 Å². The Morgan fingerprint density at radius 3 is 2.29 bits per heavy atom. The number of hydrogen-bond acceptors (Lipinski definition) is 3. The van der Waals surface area contributed by atoms with Crippen LogP contribution in [-0.4, -0.2) is 49.8 Å². The van der Waals surface area contributed by atoms with E-state index >= 15 is 0 Å². The van der Waals surface area contributed by atoms with E-state index in [0.717, 1.165) is 19.2 Å². The van der Waals surface area contributed by atoms with E-state index in [-0.39, 0.29) is 5.54 Å². The fraction of sp³-hybridized carbons (Fsp3) is 1.00. The average molecular weight is 242 g/mol. The number of nitrogens with one attached hydrogen (secondary N) is 1. The summed E-state index contributed by atoms with van der Waals surface area (Å²) in [7, 11) is 4.21. The SMILES string of the molecule is CC(C)C(CNC1CC1)OCC(C)(C)N(C)C. The Morgan fingerprint density at radius 1 is 1.29 bits per heavy atom. The molecular weight excluding hydrogens is 212 g/mol. The van der Waals surface area contributed by atoms with Crippen molar-refractivity contribution < 1.29 is 4.74 Å². The van der Waals surface area contributed by atoms with Crippen molar-refractivity contribution >= 4 is 0 Å². The van der Waals surface area contributed by atoms with Crippen molar-refractivity contribution in [1.82, 2.24) is 10.2 Å². The summed E-state index contributed by atoms with van der Waals surface area (Å²) >= 11 is 0. The molecule has 3 nitrogen and oxygen atoms in total. The van der Waals surface area contributed by atoms with Gasteiger partial charge in [0, 0.05) is 18.1 Å². The standard InChI is InChI=1S/C14H30N2O/c1-11(2)13(9-15-12-7-8-12)17-10-14(3,4)16(5)6/h11-13,15H,7-10H2,1-6H3. The van der Waals surface area contributed by atoms with E-state index in [2.05, 4.69) is 52.0 Å². The molecule has 0 amide bonds. The second-order valence-electron chi connectivity index (χ2n) is 6.48. The van der Waals surface area contributed by atoms with Crippen molar-refractivity contribution in [3.8, 4) is 0 Å². The predicted octanol–water partition coefficient (Wildman–Crippen LogP) is 2.12. The summed E-state index contributed by atoms with van der Waals surface area (Å²) in [4.78, 5) is 2.22. The lowest BCUT2D eigenvalue weighted by Gasteiger charge is -2.34. The Hall–Kier alpha value is -0.120. The monoisotopic (exact) mass is 242 g/mol. The minimum absolute atomic E-state index is 0.104. The molecule has 1 aliphatic carbocycles. The molecular formula is C14H30N2O. The summed E-state index contributed by atoms with van der Waals surface area (Å²) in [6, 6.07) is 0.765. The number of likely N-dealkylation sites (N-methyl/N-ethyl adjacent to an activating group) is 1. The third-order valence-corrected chi connectivity index (χ3v) is 3.79. The zero-order valence-corrected chi connectivity index (χ0v) is 12.4. The van der Waals surface area contributed by atoms with Gasteiger partial charge in [-0.2, -0.15) is 0 Å². The maximum Gasteiger partial charge on any atom is 0.0723 e. The molecule has 0 aromatic carbocycles. The zero-order chi connectivity index (χ0) is 13.1. The molecule has 0 aromatic heterocycles. The third-order valence-electron chi connectivity index (χ3n) is 3.79. The van der Waals surface area contributed by atoms with Crippen LogP contribution in [-0.2, 0) is 4.74 Å². The van der Waals surface area contributed by atoms with Gasteiger partial charge in [0.15, 0.2) is 0 Å². The van der Waals surface area contributed by atoms with E-state index in [1.54, 1.807) is 0 Å². The van der Waals surface area contributed by atoms with Gasteiger partial charge in [-0.25, -0.2) is 0 Å². The molecule has 0 heterocycles. The van der Waals surface area contributed by atoms with Crippen LogP contribution in [0.2, 0.25) is 0 Å². The fourth-order valence-corrected chi connectivity index (χ4v) is 1.50. The van der Waals surface area contributed by atoms with Crippen LogP contribution in [0.5, 0.6) is 0 Å². The maximum absolute atomic E-state index is 6.10. The minimum atomic E-state index is 0.104. The second-order valence-corrected chi connectivity index (χ2v) is 6.48. The lowest BCUT2D eigenvalue weighted by Crippen LogP contribution is -2.45. The Labute approximate surface area is 107 Å². The zero-order valence-electron chi connectivity index (χ0n) is 12.4. The number of ether oxygens (including phenoxy) is 1.